The van der Waals surface area contributed by atoms with Crippen LogP contribution in [-0.2, 0) is 16.8 Å². The average Bonchev–Trinajstić information content (AvgIpc) is 2.73. The molecule has 0 aliphatic heterocycles. The summed E-state index contributed by atoms with van der Waals surface area (Å²) in [5, 5.41) is 9.44. The number of carbonyl (C=O) groups excluding carboxylic acids is 1. The average molecular weight is 397 g/mol. The van der Waals surface area contributed by atoms with Crippen molar-refractivity contribution in [1.82, 2.24) is 16.0 Å². The molecule has 0 saturated carbocycles. The van der Waals surface area contributed by atoms with Gasteiger partial charge in [-0.2, -0.15) is 0 Å². The summed E-state index contributed by atoms with van der Waals surface area (Å²) in [6.45, 7) is 8.26. The van der Waals surface area contributed by atoms with Crippen LogP contribution in [0.2, 0.25) is 0 Å². The Kier molecular flexibility index (Phi) is 8.52. The maximum absolute atomic E-state index is 11.5. The van der Waals surface area contributed by atoms with Gasteiger partial charge in [-0.15, -0.1) is 0 Å². The Morgan fingerprint density at radius 2 is 1.79 bits per heavy atom. The van der Waals surface area contributed by atoms with Crippen molar-refractivity contribution in [2.75, 3.05) is 26.7 Å². The second-order valence-corrected chi connectivity index (χ2v) is 7.42. The van der Waals surface area contributed by atoms with E-state index in [1.165, 1.54) is 5.56 Å². The van der Waals surface area contributed by atoms with Crippen LogP contribution in [0.1, 0.15) is 31.9 Å². The van der Waals surface area contributed by atoms with Gasteiger partial charge in [-0.05, 0) is 30.2 Å². The van der Waals surface area contributed by atoms with Gasteiger partial charge in [0.2, 0.25) is 0 Å². The highest BCUT2D eigenvalue weighted by atomic mass is 16.5. The third-order valence-corrected chi connectivity index (χ3v) is 4.58. The zero-order valence-electron chi connectivity index (χ0n) is 17.8. The van der Waals surface area contributed by atoms with Crippen LogP contribution in [0.3, 0.4) is 0 Å². The molecule has 2 aromatic rings. The Labute approximate surface area is 173 Å². The van der Waals surface area contributed by atoms with Crippen LogP contribution in [0.25, 0.3) is 0 Å². The van der Waals surface area contributed by atoms with Crippen LogP contribution in [0.5, 0.6) is 5.75 Å². The van der Waals surface area contributed by atoms with Gasteiger partial charge in [0.25, 0.3) is 5.91 Å². The van der Waals surface area contributed by atoms with Crippen molar-refractivity contribution in [3.05, 3.63) is 65.7 Å². The van der Waals surface area contributed by atoms with Crippen molar-refractivity contribution in [1.29, 1.82) is 0 Å². The van der Waals surface area contributed by atoms with Gasteiger partial charge in [-0.1, -0.05) is 56.3 Å². The van der Waals surface area contributed by atoms with E-state index in [0.717, 1.165) is 18.1 Å². The summed E-state index contributed by atoms with van der Waals surface area (Å²) in [5.41, 5.74) is 2.30. The lowest BCUT2D eigenvalue weighted by Crippen LogP contribution is -2.43. The first-order valence-corrected chi connectivity index (χ1v) is 9.93. The van der Waals surface area contributed by atoms with Crippen molar-refractivity contribution in [3.8, 4) is 5.75 Å². The van der Waals surface area contributed by atoms with Crippen LogP contribution in [0.15, 0.2) is 59.6 Å². The minimum atomic E-state index is -0.123. The van der Waals surface area contributed by atoms with E-state index in [0.29, 0.717) is 18.8 Å². The number of rotatable bonds is 9. The number of benzene rings is 2. The minimum Gasteiger partial charge on any atom is -0.484 e. The van der Waals surface area contributed by atoms with Crippen molar-refractivity contribution in [3.63, 3.8) is 0 Å². The summed E-state index contributed by atoms with van der Waals surface area (Å²) in [7, 11) is 1.76. The fraction of sp³-hybridized carbons (Fsp3) is 0.391. The lowest BCUT2D eigenvalue weighted by Gasteiger charge is -2.26. The fourth-order valence-corrected chi connectivity index (χ4v) is 2.84. The molecule has 0 aliphatic rings. The number of carbonyl (C=O) groups is 1. The number of ether oxygens (including phenoxy) is 1. The highest BCUT2D eigenvalue weighted by Crippen LogP contribution is 2.21. The molecule has 0 fully saturated rings. The highest BCUT2D eigenvalue weighted by Gasteiger charge is 2.20. The maximum atomic E-state index is 11.5. The Morgan fingerprint density at radius 3 is 2.48 bits per heavy atom. The Morgan fingerprint density at radius 1 is 1.03 bits per heavy atom. The Hall–Kier alpha value is -3.02. The van der Waals surface area contributed by atoms with E-state index in [4.69, 9.17) is 4.74 Å². The van der Waals surface area contributed by atoms with Crippen LogP contribution >= 0.6 is 0 Å². The molecular weight excluding hydrogens is 364 g/mol. The SMILES string of the molecule is CCNC(=O)COc1cccc(CNC(=NC)NCC(C)(C)c2ccccc2)c1. The van der Waals surface area contributed by atoms with E-state index < -0.39 is 0 Å². The van der Waals surface area contributed by atoms with Crippen LogP contribution in [0.4, 0.5) is 0 Å². The molecule has 0 radical (unpaired) electrons. The minimum absolute atomic E-state index is 0.0164. The first-order chi connectivity index (χ1) is 13.9. The van der Waals surface area contributed by atoms with E-state index in [2.05, 4.69) is 59.1 Å². The number of likely N-dealkylation sites (N-methyl/N-ethyl adjacent to an activating group) is 1. The van der Waals surface area contributed by atoms with Crippen LogP contribution < -0.4 is 20.7 Å². The zero-order valence-corrected chi connectivity index (χ0v) is 17.8. The quantitative estimate of drug-likeness (QED) is 0.450. The third-order valence-electron chi connectivity index (χ3n) is 4.58. The van der Waals surface area contributed by atoms with E-state index in [-0.39, 0.29) is 17.9 Å². The second kappa shape index (κ2) is 11.1. The third kappa shape index (κ3) is 7.49. The number of amides is 1. The van der Waals surface area contributed by atoms with Crippen LogP contribution in [0, 0.1) is 0 Å². The van der Waals surface area contributed by atoms with E-state index in [1.807, 2.05) is 37.3 Å². The molecular formula is C23H32N4O2. The van der Waals surface area contributed by atoms with Gasteiger partial charge in [0.1, 0.15) is 5.75 Å². The van der Waals surface area contributed by atoms with E-state index in [1.54, 1.807) is 7.05 Å². The molecule has 0 unspecified atom stereocenters. The highest BCUT2D eigenvalue weighted by molar-refractivity contribution is 5.79. The monoisotopic (exact) mass is 396 g/mol. The summed E-state index contributed by atoms with van der Waals surface area (Å²) in [6, 6.07) is 18.1. The fourth-order valence-electron chi connectivity index (χ4n) is 2.84. The maximum Gasteiger partial charge on any atom is 0.257 e. The smallest absolute Gasteiger partial charge is 0.257 e. The number of nitrogens with zero attached hydrogens (tertiary/aromatic N) is 1. The molecule has 6 heteroatoms. The molecule has 2 rings (SSSR count). The zero-order chi connectivity index (χ0) is 21.1. The van der Waals surface area contributed by atoms with Gasteiger partial charge in [-0.3, -0.25) is 9.79 Å². The van der Waals surface area contributed by atoms with Gasteiger partial charge in [0.05, 0.1) is 0 Å². The first-order valence-electron chi connectivity index (χ1n) is 9.93. The number of nitrogens with one attached hydrogen (secondary N) is 3. The Bertz CT molecular complexity index is 804. The molecule has 0 bridgehead atoms. The standard InChI is InChI=1S/C23H32N4O2/c1-5-25-21(28)16-29-20-13-9-10-18(14-20)15-26-22(24-4)27-17-23(2,3)19-11-7-6-8-12-19/h6-14H,5,15-17H2,1-4H3,(H,25,28)(H2,24,26,27). The molecule has 0 aliphatic carbocycles. The lowest BCUT2D eigenvalue weighted by molar-refractivity contribution is -0.122. The van der Waals surface area contributed by atoms with Crippen molar-refractivity contribution in [2.45, 2.75) is 32.7 Å². The largest absolute Gasteiger partial charge is 0.484 e. The van der Waals surface area contributed by atoms with Gasteiger partial charge in [-0.25, -0.2) is 0 Å². The molecule has 0 saturated heterocycles. The Balaban J connectivity index is 1.86. The van der Waals surface area contributed by atoms with Crippen LogP contribution in [-0.4, -0.2) is 38.6 Å². The van der Waals surface area contributed by atoms with Gasteiger partial charge < -0.3 is 20.7 Å². The number of guanidine groups is 1. The second-order valence-electron chi connectivity index (χ2n) is 7.42. The van der Waals surface area contributed by atoms with Gasteiger partial charge in [0, 0.05) is 32.1 Å². The summed E-state index contributed by atoms with van der Waals surface area (Å²) in [5.74, 6) is 1.29. The van der Waals surface area contributed by atoms with Crippen molar-refractivity contribution >= 4 is 11.9 Å². The molecule has 3 N–H and O–H groups in total. The molecule has 156 valence electrons. The predicted octanol–water partition coefficient (Wildman–Crippen LogP) is 2.84. The molecule has 1 amide bonds. The summed E-state index contributed by atoms with van der Waals surface area (Å²) < 4.78 is 5.55. The predicted molar refractivity (Wildman–Crippen MR) is 118 cm³/mol. The molecule has 6 nitrogen and oxygen atoms in total. The van der Waals surface area contributed by atoms with Crippen molar-refractivity contribution < 1.29 is 9.53 Å². The number of aliphatic imine (C=N–C) groups is 1. The molecule has 0 heterocycles. The summed E-state index contributed by atoms with van der Waals surface area (Å²) >= 11 is 0. The first kappa shape index (κ1) is 22.3. The number of hydrogen-bond acceptors (Lipinski definition) is 3. The van der Waals surface area contributed by atoms with E-state index in [9.17, 15) is 4.79 Å². The molecule has 0 aromatic heterocycles. The summed E-state index contributed by atoms with van der Waals surface area (Å²) in [4.78, 5) is 15.9. The van der Waals surface area contributed by atoms with Crippen molar-refractivity contribution in [2.24, 2.45) is 4.99 Å². The topological polar surface area (TPSA) is 74.8 Å². The number of hydrogen-bond donors (Lipinski definition) is 3. The molecule has 2 aromatic carbocycles. The van der Waals surface area contributed by atoms with E-state index >= 15 is 0 Å². The van der Waals surface area contributed by atoms with Gasteiger partial charge in [0.15, 0.2) is 12.6 Å². The molecule has 0 atom stereocenters. The summed E-state index contributed by atoms with van der Waals surface area (Å²) in [6.07, 6.45) is 0. The molecule has 29 heavy (non-hydrogen) atoms. The van der Waals surface area contributed by atoms with Gasteiger partial charge >= 0.3 is 0 Å². The normalized spacial score (nSPS) is 11.7. The molecule has 0 spiro atoms. The lowest BCUT2D eigenvalue weighted by atomic mass is 9.85.